The molecule has 69 heavy (non-hydrogen) atoms. The third kappa shape index (κ3) is 10.2. The Hall–Kier alpha value is -6.72. The standard InChI is InChI=1S/C31H24F2O5.C24H20F2O4.HI/c32-31(33)27(38-28(34)22-13-5-1-6-14-22)26(37-29(31)35)21-36-30(23-15-7-2-8-16-23,24-17-9-3-10-18-24)25-19-11-4-12-20-25;25-24(26)21(27)20(30-22(24)28)16-29-23(17-10-4-1-5-11-17,18-12-6-2-7-13-18)19-14-8-3-9-15-19;/h1-20,26-27H,21H2;1-15,20-21,27H,16H2;1H/t26-,27+;20-,21+;/m11./s1. The van der Waals surface area contributed by atoms with Gasteiger partial charge in [-0.2, -0.15) is 17.6 Å². The van der Waals surface area contributed by atoms with Crippen LogP contribution in [0.25, 0.3) is 0 Å². The third-order valence-electron chi connectivity index (χ3n) is 11.7. The van der Waals surface area contributed by atoms with E-state index in [1.165, 1.54) is 12.1 Å². The number of rotatable bonds is 14. The fourth-order valence-corrected chi connectivity index (χ4v) is 8.37. The fourth-order valence-electron chi connectivity index (χ4n) is 8.37. The molecular formula is C55H45F4IO9. The normalized spacial score (nSPS) is 19.2. The fraction of sp³-hybridized carbons (Fsp3) is 0.182. The number of ether oxygens (including phenoxy) is 5. The summed E-state index contributed by atoms with van der Waals surface area (Å²) >= 11 is 0. The molecule has 0 aliphatic carbocycles. The summed E-state index contributed by atoms with van der Waals surface area (Å²) in [6.45, 7) is -0.881. The molecule has 0 amide bonds. The lowest BCUT2D eigenvalue weighted by Gasteiger charge is -2.37. The quantitative estimate of drug-likeness (QED) is 0.0374. The molecule has 2 aliphatic rings. The first kappa shape index (κ1) is 50.2. The van der Waals surface area contributed by atoms with Crippen LogP contribution in [-0.2, 0) is 44.5 Å². The van der Waals surface area contributed by atoms with Gasteiger partial charge in [-0.25, -0.2) is 14.4 Å². The maximum absolute atomic E-state index is 14.9. The van der Waals surface area contributed by atoms with Crippen LogP contribution in [0.5, 0.6) is 0 Å². The number of benzene rings is 7. The van der Waals surface area contributed by atoms with Crippen LogP contribution in [0.3, 0.4) is 0 Å². The molecule has 0 bridgehead atoms. The number of aliphatic hydroxyl groups is 1. The smallest absolute Gasteiger partial charge is 0.382 e. The minimum atomic E-state index is -4.03. The molecule has 4 atom stereocenters. The van der Waals surface area contributed by atoms with E-state index in [2.05, 4.69) is 0 Å². The summed E-state index contributed by atoms with van der Waals surface area (Å²) in [5.41, 5.74) is 2.22. The van der Waals surface area contributed by atoms with Crippen molar-refractivity contribution in [2.24, 2.45) is 0 Å². The predicted octanol–water partition coefficient (Wildman–Crippen LogP) is 10.3. The molecular weight excluding hydrogens is 1010 g/mol. The summed E-state index contributed by atoms with van der Waals surface area (Å²) in [6, 6.07) is 63.8. The second-order valence-electron chi connectivity index (χ2n) is 16.0. The van der Waals surface area contributed by atoms with Crippen molar-refractivity contribution in [1.29, 1.82) is 0 Å². The van der Waals surface area contributed by atoms with E-state index in [4.69, 9.17) is 23.7 Å². The SMILES string of the molecule is I.O=C(O[C@H]1[C@@H](COC(c2ccccc2)(c2ccccc2)c2ccccc2)OC(=O)C1(F)F)c1ccccc1.O=C1O[C@H](COC(c2ccccc2)(c2ccccc2)c2ccccc2)[C@H](O)C1(F)F. The molecule has 1 N–H and O–H groups in total. The zero-order chi connectivity index (χ0) is 47.8. The monoisotopic (exact) mass is 1050 g/mol. The van der Waals surface area contributed by atoms with Crippen LogP contribution in [0.2, 0.25) is 0 Å². The highest BCUT2D eigenvalue weighted by atomic mass is 127. The summed E-state index contributed by atoms with van der Waals surface area (Å²) < 4.78 is 85.2. The number of carbonyl (C=O) groups is 3. The minimum absolute atomic E-state index is 0. The van der Waals surface area contributed by atoms with Gasteiger partial charge in [-0.05, 0) is 45.5 Å². The Bertz CT molecular complexity index is 2570. The second kappa shape index (κ2) is 21.7. The summed E-state index contributed by atoms with van der Waals surface area (Å²) in [5, 5.41) is 9.92. The number of esters is 3. The molecule has 2 heterocycles. The van der Waals surface area contributed by atoms with Crippen LogP contribution >= 0.6 is 24.0 Å². The third-order valence-corrected chi connectivity index (χ3v) is 11.7. The minimum Gasteiger partial charge on any atom is -0.452 e. The molecule has 7 aromatic rings. The van der Waals surface area contributed by atoms with E-state index in [-0.39, 0.29) is 29.5 Å². The molecule has 14 heteroatoms. The number of cyclic esters (lactones) is 2. The van der Waals surface area contributed by atoms with Gasteiger partial charge in [0.15, 0.2) is 18.3 Å². The van der Waals surface area contributed by atoms with Crippen LogP contribution in [0.1, 0.15) is 43.7 Å². The van der Waals surface area contributed by atoms with Gasteiger partial charge >= 0.3 is 29.8 Å². The van der Waals surface area contributed by atoms with E-state index in [9.17, 15) is 37.1 Å². The number of hydrogen-bond acceptors (Lipinski definition) is 9. The van der Waals surface area contributed by atoms with E-state index in [1.807, 2.05) is 182 Å². The van der Waals surface area contributed by atoms with E-state index in [1.54, 1.807) is 18.2 Å². The molecule has 0 radical (unpaired) electrons. The van der Waals surface area contributed by atoms with Crippen molar-refractivity contribution in [2.75, 3.05) is 13.2 Å². The Morgan fingerprint density at radius 1 is 0.464 bits per heavy atom. The largest absolute Gasteiger partial charge is 0.452 e. The van der Waals surface area contributed by atoms with Crippen LogP contribution < -0.4 is 0 Å². The van der Waals surface area contributed by atoms with E-state index >= 15 is 0 Å². The lowest BCUT2D eigenvalue weighted by molar-refractivity contribution is -0.163. The number of carbonyl (C=O) groups excluding carboxylic acids is 3. The number of alkyl halides is 4. The zero-order valence-corrected chi connectivity index (χ0v) is 38.9. The Kier molecular flexibility index (Phi) is 15.8. The van der Waals surface area contributed by atoms with E-state index in [0.29, 0.717) is 0 Å². The Morgan fingerprint density at radius 2 is 0.739 bits per heavy atom. The average Bonchev–Trinajstić information content (AvgIpc) is 3.72. The van der Waals surface area contributed by atoms with Crippen LogP contribution in [-0.4, -0.2) is 72.5 Å². The molecule has 9 rings (SSSR count). The molecule has 2 saturated heterocycles. The highest BCUT2D eigenvalue weighted by Crippen LogP contribution is 2.44. The van der Waals surface area contributed by atoms with Crippen LogP contribution in [0.15, 0.2) is 212 Å². The maximum atomic E-state index is 14.9. The molecule has 0 unspecified atom stereocenters. The van der Waals surface area contributed by atoms with Gasteiger partial charge in [0.2, 0.25) is 6.10 Å². The van der Waals surface area contributed by atoms with Crippen molar-refractivity contribution in [3.8, 4) is 0 Å². The maximum Gasteiger partial charge on any atom is 0.382 e. The summed E-state index contributed by atoms with van der Waals surface area (Å²) in [4.78, 5) is 36.3. The van der Waals surface area contributed by atoms with Crippen molar-refractivity contribution in [2.45, 2.75) is 47.5 Å². The molecule has 2 fully saturated rings. The average molecular weight is 1050 g/mol. The number of halogens is 5. The van der Waals surface area contributed by atoms with Gasteiger partial charge in [-0.3, -0.25) is 0 Å². The van der Waals surface area contributed by atoms with Gasteiger partial charge in [0.05, 0.1) is 18.8 Å². The van der Waals surface area contributed by atoms with Gasteiger partial charge in [0.1, 0.15) is 11.2 Å². The Balaban J connectivity index is 0.000000206. The van der Waals surface area contributed by atoms with Gasteiger partial charge < -0.3 is 28.8 Å². The molecule has 354 valence electrons. The van der Waals surface area contributed by atoms with Gasteiger partial charge in [-0.1, -0.05) is 200 Å². The first-order valence-corrected chi connectivity index (χ1v) is 21.6. The molecule has 0 saturated carbocycles. The number of hydrogen-bond donors (Lipinski definition) is 1. The van der Waals surface area contributed by atoms with Crippen LogP contribution in [0, 0.1) is 0 Å². The highest BCUT2D eigenvalue weighted by Gasteiger charge is 2.63. The van der Waals surface area contributed by atoms with Crippen molar-refractivity contribution < 1.29 is 60.7 Å². The molecule has 9 nitrogen and oxygen atoms in total. The van der Waals surface area contributed by atoms with Crippen molar-refractivity contribution in [3.63, 3.8) is 0 Å². The van der Waals surface area contributed by atoms with E-state index < -0.39 is 78.6 Å². The highest BCUT2D eigenvalue weighted by molar-refractivity contribution is 14.0. The van der Waals surface area contributed by atoms with Gasteiger partial charge in [0.25, 0.3) is 0 Å². The van der Waals surface area contributed by atoms with E-state index in [0.717, 1.165) is 33.4 Å². The number of aliphatic hydroxyl groups excluding tert-OH is 1. The molecule has 7 aromatic carbocycles. The lowest BCUT2D eigenvalue weighted by atomic mass is 9.80. The topological polar surface area (TPSA) is 118 Å². The first-order chi connectivity index (χ1) is 32.9. The lowest BCUT2D eigenvalue weighted by Crippen LogP contribution is -2.44. The van der Waals surface area contributed by atoms with Gasteiger partial charge in [0, 0.05) is 0 Å². The van der Waals surface area contributed by atoms with Crippen molar-refractivity contribution >= 4 is 41.9 Å². The van der Waals surface area contributed by atoms with Gasteiger partial charge in [-0.15, -0.1) is 24.0 Å². The Labute approximate surface area is 412 Å². The van der Waals surface area contributed by atoms with Crippen LogP contribution in [0.4, 0.5) is 17.6 Å². The summed E-state index contributed by atoms with van der Waals surface area (Å²) in [6.07, 6.45) is -7.46. The molecule has 0 spiro atoms. The first-order valence-electron chi connectivity index (χ1n) is 21.6. The second-order valence-corrected chi connectivity index (χ2v) is 16.0. The van der Waals surface area contributed by atoms with Crippen molar-refractivity contribution in [3.05, 3.63) is 251 Å². The summed E-state index contributed by atoms with van der Waals surface area (Å²) in [7, 11) is 0. The Morgan fingerprint density at radius 3 is 1.04 bits per heavy atom. The predicted molar refractivity (Wildman–Crippen MR) is 257 cm³/mol. The summed E-state index contributed by atoms with van der Waals surface area (Å²) in [5.74, 6) is -12.5. The molecule has 0 aromatic heterocycles. The van der Waals surface area contributed by atoms with Crippen molar-refractivity contribution in [1.82, 2.24) is 0 Å². The molecule has 2 aliphatic heterocycles. The zero-order valence-electron chi connectivity index (χ0n) is 36.6.